The first-order valence-corrected chi connectivity index (χ1v) is 15.6. The Bertz CT molecular complexity index is 1810. The van der Waals surface area contributed by atoms with Crippen LogP contribution >= 0.6 is 0 Å². The molecule has 0 radical (unpaired) electrons. The van der Waals surface area contributed by atoms with E-state index >= 15 is 4.39 Å². The van der Waals surface area contributed by atoms with Crippen LogP contribution in [0.4, 0.5) is 17.6 Å². The molecule has 262 valence electrons. The molecule has 2 fully saturated rings. The van der Waals surface area contributed by atoms with E-state index in [4.69, 9.17) is 14.2 Å². The number of ether oxygens (including phenoxy) is 3. The molecule has 1 amide bonds. The van der Waals surface area contributed by atoms with Gasteiger partial charge in [0.2, 0.25) is 5.88 Å². The summed E-state index contributed by atoms with van der Waals surface area (Å²) in [6.07, 6.45) is -2.00. The predicted molar refractivity (Wildman–Crippen MR) is 162 cm³/mol. The first-order chi connectivity index (χ1) is 23.6. The summed E-state index contributed by atoms with van der Waals surface area (Å²) in [6.45, 7) is -1.11. The quantitative estimate of drug-likeness (QED) is 0.175. The summed E-state index contributed by atoms with van der Waals surface area (Å²) in [5.74, 6) is -5.88. The van der Waals surface area contributed by atoms with Gasteiger partial charge < -0.3 is 34.4 Å². The molecule has 1 aliphatic carbocycles. The van der Waals surface area contributed by atoms with Gasteiger partial charge in [0.25, 0.3) is 5.91 Å². The van der Waals surface area contributed by atoms with Crippen molar-refractivity contribution in [1.29, 1.82) is 0 Å². The van der Waals surface area contributed by atoms with E-state index < -0.39 is 78.4 Å². The fourth-order valence-electron chi connectivity index (χ4n) is 6.61. The van der Waals surface area contributed by atoms with Crippen LogP contribution in [0.3, 0.4) is 0 Å². The molecule has 1 saturated carbocycles. The Balaban J connectivity index is 1.40. The molecule has 7 atom stereocenters. The van der Waals surface area contributed by atoms with Gasteiger partial charge in [-0.3, -0.25) is 4.79 Å². The summed E-state index contributed by atoms with van der Waals surface area (Å²) < 4.78 is 75.1. The molecule has 3 N–H and O–H groups in total. The lowest BCUT2D eigenvalue weighted by Gasteiger charge is -2.46. The van der Waals surface area contributed by atoms with Crippen molar-refractivity contribution < 1.29 is 51.9 Å². The molecular weight excluding hydrogens is 656 g/mol. The molecule has 3 heterocycles. The third-order valence-corrected chi connectivity index (χ3v) is 9.13. The van der Waals surface area contributed by atoms with Crippen LogP contribution in [0.25, 0.3) is 22.3 Å². The van der Waals surface area contributed by atoms with Gasteiger partial charge in [0.15, 0.2) is 23.6 Å². The number of fused-ring (bicyclic) bond motifs is 1. The van der Waals surface area contributed by atoms with Crippen LogP contribution in [0.15, 0.2) is 36.7 Å². The standard InChI is InChI=1S/C32H34F4N6O7/c1-47-25-11-37-20-8-7-17(33)16(27(20)38-25)12-41(22-5-3-4-6-23(22)44)32(46)31-30(48-2)28(29(45)24(14-43)49-31)42-13-21(39-40-42)15-9-18(34)26(36)19(35)10-15/h7-11,13,22-24,28-31,43-45H,3-6,12,14H2,1-2H3/t22-,23-,24+,28-,29-,30+,31+/m0/s1. The fourth-order valence-corrected chi connectivity index (χ4v) is 6.61. The third-order valence-electron chi connectivity index (χ3n) is 9.13. The Labute approximate surface area is 277 Å². The number of hydrogen-bond donors (Lipinski definition) is 3. The number of benzene rings is 2. The van der Waals surface area contributed by atoms with Crippen LogP contribution in [0.2, 0.25) is 0 Å². The highest BCUT2D eigenvalue weighted by atomic mass is 19.2. The van der Waals surface area contributed by atoms with Gasteiger partial charge in [0.1, 0.15) is 41.4 Å². The van der Waals surface area contributed by atoms with E-state index in [1.807, 2.05) is 0 Å². The summed E-state index contributed by atoms with van der Waals surface area (Å²) >= 11 is 0. The number of nitrogens with zero attached hydrogens (tertiary/aromatic N) is 6. The summed E-state index contributed by atoms with van der Waals surface area (Å²) in [5.41, 5.74) is 0.239. The second-order valence-electron chi connectivity index (χ2n) is 12.0. The van der Waals surface area contributed by atoms with Gasteiger partial charge in [-0.15, -0.1) is 5.10 Å². The third kappa shape index (κ3) is 6.55. The van der Waals surface area contributed by atoms with E-state index in [0.717, 1.165) is 16.8 Å². The Morgan fingerprint density at radius 1 is 1.08 bits per heavy atom. The van der Waals surface area contributed by atoms with Crippen molar-refractivity contribution in [2.45, 2.75) is 74.8 Å². The van der Waals surface area contributed by atoms with E-state index in [1.165, 1.54) is 43.6 Å². The second kappa shape index (κ2) is 14.3. The van der Waals surface area contributed by atoms with Crippen LogP contribution in [0.5, 0.6) is 5.88 Å². The Morgan fingerprint density at radius 3 is 2.49 bits per heavy atom. The van der Waals surface area contributed by atoms with E-state index in [-0.39, 0.29) is 34.8 Å². The van der Waals surface area contributed by atoms with Gasteiger partial charge in [0.05, 0.1) is 50.3 Å². The number of hydrogen-bond acceptors (Lipinski definition) is 11. The summed E-state index contributed by atoms with van der Waals surface area (Å²) in [6, 6.07) is 2.04. The number of carbonyl (C=O) groups excluding carboxylic acids is 1. The fraction of sp³-hybridized carbons (Fsp3) is 0.469. The van der Waals surface area contributed by atoms with Crippen LogP contribution in [0, 0.1) is 23.3 Å². The highest BCUT2D eigenvalue weighted by molar-refractivity contribution is 5.84. The lowest BCUT2D eigenvalue weighted by Crippen LogP contribution is -2.62. The summed E-state index contributed by atoms with van der Waals surface area (Å²) in [4.78, 5) is 24.6. The largest absolute Gasteiger partial charge is 0.480 e. The first-order valence-electron chi connectivity index (χ1n) is 15.6. The number of rotatable bonds is 9. The zero-order valence-electron chi connectivity index (χ0n) is 26.4. The van der Waals surface area contributed by atoms with Crippen molar-refractivity contribution in [1.82, 2.24) is 29.9 Å². The minimum atomic E-state index is -1.66. The van der Waals surface area contributed by atoms with Crippen LogP contribution < -0.4 is 4.74 Å². The Kier molecular flexibility index (Phi) is 10.1. The molecule has 6 rings (SSSR count). The maximum absolute atomic E-state index is 15.6. The molecule has 2 aliphatic rings. The van der Waals surface area contributed by atoms with Gasteiger partial charge in [-0.1, -0.05) is 18.1 Å². The zero-order chi connectivity index (χ0) is 35.0. The van der Waals surface area contributed by atoms with Gasteiger partial charge in [-0.25, -0.2) is 32.2 Å². The number of aliphatic hydroxyl groups is 3. The predicted octanol–water partition coefficient (Wildman–Crippen LogP) is 2.46. The molecular formula is C32H34F4N6O7. The minimum absolute atomic E-state index is 0.00905. The highest BCUT2D eigenvalue weighted by Gasteiger charge is 2.52. The molecule has 0 unspecified atom stereocenters. The van der Waals surface area contributed by atoms with Gasteiger partial charge in [0, 0.05) is 18.2 Å². The zero-order valence-corrected chi connectivity index (χ0v) is 26.4. The van der Waals surface area contributed by atoms with Crippen LogP contribution in [0.1, 0.15) is 37.3 Å². The molecule has 0 spiro atoms. The molecule has 0 bridgehead atoms. The maximum atomic E-state index is 15.6. The number of amides is 1. The van der Waals surface area contributed by atoms with Crippen LogP contribution in [-0.2, 0) is 20.8 Å². The molecule has 1 saturated heterocycles. The molecule has 1 aliphatic heterocycles. The number of aromatic nitrogens is 5. The normalized spacial score (nSPS) is 25.8. The van der Waals surface area contributed by atoms with E-state index in [9.17, 15) is 33.3 Å². The van der Waals surface area contributed by atoms with Crippen molar-refractivity contribution >= 4 is 16.9 Å². The smallest absolute Gasteiger partial charge is 0.255 e. The SMILES string of the molecule is COc1cnc2ccc(F)c(CN(C(=O)[C@@H]3O[C@H](CO)[C@H](O)[C@H](n4cc(-c5cc(F)c(F)c(F)c5)nn4)[C@H]3OC)[C@H]3CCCC[C@@H]3O)c2n1. The monoisotopic (exact) mass is 690 g/mol. The highest BCUT2D eigenvalue weighted by Crippen LogP contribution is 2.36. The Morgan fingerprint density at radius 2 is 1.82 bits per heavy atom. The maximum Gasteiger partial charge on any atom is 0.255 e. The molecule has 2 aromatic carbocycles. The minimum Gasteiger partial charge on any atom is -0.480 e. The van der Waals surface area contributed by atoms with Gasteiger partial charge >= 0.3 is 0 Å². The lowest BCUT2D eigenvalue weighted by molar-refractivity contribution is -0.219. The van der Waals surface area contributed by atoms with E-state index in [1.54, 1.807) is 0 Å². The molecule has 17 heteroatoms. The first kappa shape index (κ1) is 34.6. The average molecular weight is 691 g/mol. The number of aliphatic hydroxyl groups excluding tert-OH is 3. The Hall–Kier alpha value is -4.29. The number of carbonyl (C=O) groups is 1. The second-order valence-corrected chi connectivity index (χ2v) is 12.0. The van der Waals surface area contributed by atoms with E-state index in [2.05, 4.69) is 20.3 Å². The number of halogens is 4. The van der Waals surface area contributed by atoms with Gasteiger partial charge in [-0.05, 0) is 37.1 Å². The lowest BCUT2D eigenvalue weighted by atomic mass is 9.88. The van der Waals surface area contributed by atoms with E-state index in [0.29, 0.717) is 31.2 Å². The van der Waals surface area contributed by atoms with Gasteiger partial charge in [-0.2, -0.15) is 0 Å². The van der Waals surface area contributed by atoms with Crippen molar-refractivity contribution in [3.8, 4) is 17.1 Å². The van der Waals surface area contributed by atoms with Crippen molar-refractivity contribution in [2.24, 2.45) is 0 Å². The van der Waals surface area contributed by atoms with Crippen molar-refractivity contribution in [2.75, 3.05) is 20.8 Å². The van der Waals surface area contributed by atoms with Crippen molar-refractivity contribution in [3.05, 3.63) is 65.5 Å². The molecule has 13 nitrogen and oxygen atoms in total. The number of methoxy groups -OCH3 is 2. The molecule has 49 heavy (non-hydrogen) atoms. The average Bonchev–Trinajstić information content (AvgIpc) is 3.59. The molecule has 2 aromatic heterocycles. The van der Waals surface area contributed by atoms with Crippen molar-refractivity contribution in [3.63, 3.8) is 0 Å². The van der Waals surface area contributed by atoms with Crippen LogP contribution in [-0.4, -0.2) is 108 Å². The topological polar surface area (TPSA) is 165 Å². The summed E-state index contributed by atoms with van der Waals surface area (Å²) in [5, 5.41) is 40.5. The summed E-state index contributed by atoms with van der Waals surface area (Å²) in [7, 11) is 2.63. The molecule has 4 aromatic rings.